The molecule has 4 heterocycles. The summed E-state index contributed by atoms with van der Waals surface area (Å²) in [5, 5.41) is 13.7. The van der Waals surface area contributed by atoms with E-state index in [1.54, 1.807) is 4.52 Å². The molecule has 1 fully saturated rings. The Morgan fingerprint density at radius 2 is 2.11 bits per heavy atom. The van der Waals surface area contributed by atoms with Crippen LogP contribution in [0.2, 0.25) is 4.34 Å². The average molecular weight is 413 g/mol. The first kappa shape index (κ1) is 17.4. The van der Waals surface area contributed by atoms with Crippen LogP contribution in [0, 0.1) is 0 Å². The van der Waals surface area contributed by atoms with Gasteiger partial charge in [-0.25, -0.2) is 9.97 Å². The van der Waals surface area contributed by atoms with Crippen molar-refractivity contribution in [3.8, 4) is 11.4 Å². The molecule has 1 amide bonds. The molecule has 0 spiro atoms. The summed E-state index contributed by atoms with van der Waals surface area (Å²) in [6.45, 7) is 0.710. The lowest BCUT2D eigenvalue weighted by Crippen LogP contribution is -2.38. The second-order valence-corrected chi connectivity index (χ2v) is 8.23. The van der Waals surface area contributed by atoms with Crippen LogP contribution in [0.25, 0.3) is 27.9 Å². The number of benzene rings is 1. The van der Waals surface area contributed by atoms with Gasteiger partial charge in [-0.1, -0.05) is 23.7 Å². The van der Waals surface area contributed by atoms with Crippen molar-refractivity contribution in [1.29, 1.82) is 0 Å². The van der Waals surface area contributed by atoms with Crippen LogP contribution >= 0.6 is 22.9 Å². The van der Waals surface area contributed by atoms with Gasteiger partial charge in [0, 0.05) is 11.9 Å². The van der Waals surface area contributed by atoms with Crippen molar-refractivity contribution in [1.82, 2.24) is 24.9 Å². The number of rotatable bonds is 3. The van der Waals surface area contributed by atoms with Crippen LogP contribution < -0.4 is 10.6 Å². The molecule has 9 heteroatoms. The highest BCUT2D eigenvalue weighted by atomic mass is 35.5. The van der Waals surface area contributed by atoms with Crippen molar-refractivity contribution in [2.75, 3.05) is 11.9 Å². The van der Waals surface area contributed by atoms with Crippen molar-refractivity contribution in [3.05, 3.63) is 40.0 Å². The number of nitrogens with zero attached hydrogens (tertiary/aromatic N) is 4. The van der Waals surface area contributed by atoms with Crippen LogP contribution in [-0.2, 0) is 4.79 Å². The van der Waals surface area contributed by atoms with Gasteiger partial charge < -0.3 is 10.6 Å². The summed E-state index contributed by atoms with van der Waals surface area (Å²) in [6.07, 6.45) is 2.70. The molecule has 0 radical (unpaired) electrons. The molecule has 1 atom stereocenters. The molecule has 1 aliphatic heterocycles. The fourth-order valence-corrected chi connectivity index (χ4v) is 4.36. The number of anilines is 1. The highest BCUT2D eigenvalue weighted by Crippen LogP contribution is 2.32. The predicted molar refractivity (Wildman–Crippen MR) is 111 cm³/mol. The van der Waals surface area contributed by atoms with Gasteiger partial charge in [-0.2, -0.15) is 4.52 Å². The number of hydrogen-bond donors (Lipinski definition) is 2. The molecule has 0 saturated carbocycles. The summed E-state index contributed by atoms with van der Waals surface area (Å²) < 4.78 is 2.31. The van der Waals surface area contributed by atoms with Crippen molar-refractivity contribution < 1.29 is 4.79 Å². The van der Waals surface area contributed by atoms with Crippen molar-refractivity contribution in [3.63, 3.8) is 0 Å². The first-order chi connectivity index (χ1) is 13.7. The third kappa shape index (κ3) is 2.98. The quantitative estimate of drug-likeness (QED) is 0.535. The Bertz CT molecular complexity index is 1190. The van der Waals surface area contributed by atoms with Gasteiger partial charge in [-0.15, -0.1) is 16.4 Å². The van der Waals surface area contributed by atoms with Gasteiger partial charge >= 0.3 is 0 Å². The van der Waals surface area contributed by atoms with E-state index in [1.165, 1.54) is 11.3 Å². The molecule has 7 nitrogen and oxygen atoms in total. The van der Waals surface area contributed by atoms with Crippen molar-refractivity contribution in [2.45, 2.75) is 25.3 Å². The molecule has 5 rings (SSSR count). The van der Waals surface area contributed by atoms with Crippen molar-refractivity contribution in [2.24, 2.45) is 0 Å². The van der Waals surface area contributed by atoms with Crippen LogP contribution in [0.1, 0.15) is 19.3 Å². The number of hydrogen-bond acceptors (Lipinski definition) is 6. The smallest absolute Gasteiger partial charge is 0.242 e. The second-order valence-electron chi connectivity index (χ2n) is 6.72. The lowest BCUT2D eigenvalue weighted by atomic mass is 10.1. The topological polar surface area (TPSA) is 84.2 Å². The fraction of sp³-hybridized carbons (Fsp3) is 0.263. The highest BCUT2D eigenvalue weighted by molar-refractivity contribution is 7.15. The van der Waals surface area contributed by atoms with Gasteiger partial charge in [0.2, 0.25) is 11.9 Å². The van der Waals surface area contributed by atoms with E-state index in [4.69, 9.17) is 21.6 Å². The Morgan fingerprint density at radius 3 is 2.96 bits per heavy atom. The Hall–Kier alpha value is -2.71. The number of halogens is 1. The molecule has 0 bridgehead atoms. The SMILES string of the molecule is O=C1NCCCC[C@H]1Nc1nc2ccccc2c2nc(-c3ccsc3Cl)nn12. The molecule has 1 saturated heterocycles. The molecule has 1 aliphatic rings. The van der Waals surface area contributed by atoms with Gasteiger partial charge in [-0.3, -0.25) is 4.79 Å². The first-order valence-corrected chi connectivity index (χ1v) is 10.4. The molecule has 0 aliphatic carbocycles. The van der Waals surface area contributed by atoms with Gasteiger partial charge in [0.25, 0.3) is 0 Å². The Balaban J connectivity index is 1.67. The van der Waals surface area contributed by atoms with Gasteiger partial charge in [0.15, 0.2) is 11.5 Å². The maximum absolute atomic E-state index is 12.4. The van der Waals surface area contributed by atoms with Crippen LogP contribution in [0.5, 0.6) is 0 Å². The molecule has 4 aromatic rings. The van der Waals surface area contributed by atoms with E-state index in [2.05, 4.69) is 15.7 Å². The average Bonchev–Trinajstić information content (AvgIpc) is 3.27. The zero-order chi connectivity index (χ0) is 19.1. The monoisotopic (exact) mass is 412 g/mol. The van der Waals surface area contributed by atoms with Gasteiger partial charge in [0.1, 0.15) is 10.4 Å². The van der Waals surface area contributed by atoms with Crippen LogP contribution in [0.15, 0.2) is 35.7 Å². The summed E-state index contributed by atoms with van der Waals surface area (Å²) in [5.74, 6) is 1.03. The normalized spacial score (nSPS) is 17.6. The molecule has 1 aromatic carbocycles. The van der Waals surface area contributed by atoms with Gasteiger partial charge in [0.05, 0.1) is 11.1 Å². The fourth-order valence-electron chi connectivity index (χ4n) is 3.45. The Kier molecular flexibility index (Phi) is 4.37. The number of fused-ring (bicyclic) bond motifs is 3. The third-order valence-corrected chi connectivity index (χ3v) is 6.05. The summed E-state index contributed by atoms with van der Waals surface area (Å²) in [7, 11) is 0. The lowest BCUT2D eigenvalue weighted by Gasteiger charge is -2.16. The molecule has 142 valence electrons. The maximum atomic E-state index is 12.4. The molecule has 28 heavy (non-hydrogen) atoms. The Morgan fingerprint density at radius 1 is 1.21 bits per heavy atom. The van der Waals surface area contributed by atoms with E-state index in [-0.39, 0.29) is 11.9 Å². The molecular formula is C19H17ClN6OS. The zero-order valence-electron chi connectivity index (χ0n) is 14.9. The number of aromatic nitrogens is 4. The number of thiophene rings is 1. The molecule has 0 unspecified atom stereocenters. The second kappa shape index (κ2) is 7.03. The summed E-state index contributed by atoms with van der Waals surface area (Å²) >= 11 is 7.74. The minimum Gasteiger partial charge on any atom is -0.354 e. The van der Waals surface area contributed by atoms with E-state index in [0.29, 0.717) is 28.3 Å². The Labute approximate surface area is 169 Å². The largest absolute Gasteiger partial charge is 0.354 e. The van der Waals surface area contributed by atoms with E-state index < -0.39 is 0 Å². The third-order valence-electron chi connectivity index (χ3n) is 4.88. The van der Waals surface area contributed by atoms with E-state index in [1.807, 2.05) is 35.7 Å². The first-order valence-electron chi connectivity index (χ1n) is 9.14. The standard InChI is InChI=1S/C19H17ClN6OS/c20-15-12(8-10-28-15)16-24-17-11-5-1-2-6-13(11)22-19(26(17)25-16)23-14-7-3-4-9-21-18(14)27/h1-2,5-6,8,10,14H,3-4,7,9H2,(H,21,27)(H,22,23)/t14-/m1/s1. The summed E-state index contributed by atoms with van der Waals surface area (Å²) in [4.78, 5) is 21.8. The van der Waals surface area contributed by atoms with E-state index in [0.717, 1.165) is 35.7 Å². The zero-order valence-corrected chi connectivity index (χ0v) is 16.4. The number of nitrogens with one attached hydrogen (secondary N) is 2. The molecule has 2 N–H and O–H groups in total. The number of amides is 1. The van der Waals surface area contributed by atoms with E-state index in [9.17, 15) is 4.79 Å². The van der Waals surface area contributed by atoms with E-state index >= 15 is 0 Å². The maximum Gasteiger partial charge on any atom is 0.242 e. The molecular weight excluding hydrogens is 396 g/mol. The summed E-state index contributed by atoms with van der Waals surface area (Å²) in [6, 6.07) is 9.33. The molecule has 3 aromatic heterocycles. The van der Waals surface area contributed by atoms with Crippen LogP contribution in [0.3, 0.4) is 0 Å². The minimum absolute atomic E-state index is 0.0122. The predicted octanol–water partition coefficient (Wildman–Crippen LogP) is 3.74. The number of carbonyl (C=O) groups is 1. The number of carbonyl (C=O) groups excluding carboxylic acids is 1. The van der Waals surface area contributed by atoms with Crippen molar-refractivity contribution >= 4 is 51.3 Å². The minimum atomic E-state index is -0.350. The highest BCUT2D eigenvalue weighted by Gasteiger charge is 2.23. The summed E-state index contributed by atoms with van der Waals surface area (Å²) in [5.41, 5.74) is 2.26. The van der Waals surface area contributed by atoms with Crippen LogP contribution in [-0.4, -0.2) is 38.1 Å². The van der Waals surface area contributed by atoms with Gasteiger partial charge in [-0.05, 0) is 42.8 Å². The van der Waals surface area contributed by atoms with Crippen LogP contribution in [0.4, 0.5) is 5.95 Å². The number of para-hydroxylation sites is 1. The lowest BCUT2D eigenvalue weighted by molar-refractivity contribution is -0.121.